The van der Waals surface area contributed by atoms with E-state index in [0.717, 1.165) is 21.7 Å². The molecule has 0 aliphatic rings. The SMILES string of the molecule is CC[C@H](C(=O)NC)N(Cc1ccc(Cl)cc1)C(=O)CN(c1ccc(C(C)C)cc1)S(C)(=O)=O. The van der Waals surface area contributed by atoms with Crippen LogP contribution in [0.1, 0.15) is 44.2 Å². The zero-order chi connectivity index (χ0) is 24.8. The Hall–Kier alpha value is -2.58. The fourth-order valence-electron chi connectivity index (χ4n) is 3.51. The van der Waals surface area contributed by atoms with Gasteiger partial charge in [0, 0.05) is 18.6 Å². The molecule has 0 fully saturated rings. The maximum atomic E-state index is 13.5. The van der Waals surface area contributed by atoms with Crippen LogP contribution < -0.4 is 9.62 Å². The van der Waals surface area contributed by atoms with E-state index in [9.17, 15) is 18.0 Å². The molecule has 0 unspecified atom stereocenters. The molecule has 0 saturated heterocycles. The van der Waals surface area contributed by atoms with Gasteiger partial charge >= 0.3 is 0 Å². The molecule has 0 aliphatic carbocycles. The van der Waals surface area contributed by atoms with Crippen molar-refractivity contribution < 1.29 is 18.0 Å². The second-order valence-electron chi connectivity index (χ2n) is 8.20. The van der Waals surface area contributed by atoms with Crippen LogP contribution in [-0.2, 0) is 26.2 Å². The number of hydrogen-bond donors (Lipinski definition) is 1. The van der Waals surface area contributed by atoms with Crippen LogP contribution in [0.3, 0.4) is 0 Å². The minimum Gasteiger partial charge on any atom is -0.357 e. The predicted octanol–water partition coefficient (Wildman–Crippen LogP) is 3.78. The summed E-state index contributed by atoms with van der Waals surface area (Å²) in [6, 6.07) is 13.3. The summed E-state index contributed by atoms with van der Waals surface area (Å²) in [5.41, 5.74) is 2.24. The molecule has 2 aromatic carbocycles. The Morgan fingerprint density at radius 3 is 2.06 bits per heavy atom. The summed E-state index contributed by atoms with van der Waals surface area (Å²) in [6.07, 6.45) is 1.44. The summed E-state index contributed by atoms with van der Waals surface area (Å²) in [6.45, 7) is 5.63. The Labute approximate surface area is 201 Å². The van der Waals surface area contributed by atoms with Crippen LogP contribution >= 0.6 is 11.6 Å². The van der Waals surface area contributed by atoms with Gasteiger partial charge in [-0.2, -0.15) is 0 Å². The van der Waals surface area contributed by atoms with Crippen molar-refractivity contribution in [3.8, 4) is 0 Å². The number of rotatable bonds is 10. The van der Waals surface area contributed by atoms with Crippen molar-refractivity contribution in [2.45, 2.75) is 45.7 Å². The number of nitrogens with zero attached hydrogens (tertiary/aromatic N) is 2. The quantitative estimate of drug-likeness (QED) is 0.545. The molecule has 0 aliphatic heterocycles. The van der Waals surface area contributed by atoms with Gasteiger partial charge in [-0.05, 0) is 47.7 Å². The molecule has 0 spiro atoms. The molecule has 2 amide bonds. The molecular formula is C24H32ClN3O4S. The Morgan fingerprint density at radius 1 is 1.03 bits per heavy atom. The highest BCUT2D eigenvalue weighted by Gasteiger charge is 2.31. The summed E-state index contributed by atoms with van der Waals surface area (Å²) >= 11 is 5.97. The lowest BCUT2D eigenvalue weighted by molar-refractivity contribution is -0.140. The second kappa shape index (κ2) is 11.5. The zero-order valence-electron chi connectivity index (χ0n) is 19.7. The number of sulfonamides is 1. The molecule has 0 aromatic heterocycles. The van der Waals surface area contributed by atoms with Gasteiger partial charge in [0.25, 0.3) is 0 Å². The number of benzene rings is 2. The van der Waals surface area contributed by atoms with Gasteiger partial charge in [-0.15, -0.1) is 0 Å². The van der Waals surface area contributed by atoms with E-state index in [2.05, 4.69) is 5.32 Å². The van der Waals surface area contributed by atoms with Crippen LogP contribution in [-0.4, -0.2) is 51.0 Å². The van der Waals surface area contributed by atoms with E-state index in [-0.39, 0.29) is 12.5 Å². The Morgan fingerprint density at radius 2 is 1.61 bits per heavy atom. The summed E-state index contributed by atoms with van der Waals surface area (Å²) in [5, 5.41) is 3.15. The van der Waals surface area contributed by atoms with Gasteiger partial charge in [-0.3, -0.25) is 13.9 Å². The lowest BCUT2D eigenvalue weighted by Crippen LogP contribution is -2.51. The predicted molar refractivity (Wildman–Crippen MR) is 133 cm³/mol. The highest BCUT2D eigenvalue weighted by molar-refractivity contribution is 7.92. The highest BCUT2D eigenvalue weighted by Crippen LogP contribution is 2.23. The third-order valence-electron chi connectivity index (χ3n) is 5.43. The topological polar surface area (TPSA) is 86.8 Å². The average molecular weight is 494 g/mol. The van der Waals surface area contributed by atoms with Crippen molar-refractivity contribution in [3.05, 3.63) is 64.7 Å². The van der Waals surface area contributed by atoms with Gasteiger partial charge < -0.3 is 10.2 Å². The van der Waals surface area contributed by atoms with Gasteiger partial charge in [-0.25, -0.2) is 8.42 Å². The van der Waals surface area contributed by atoms with Crippen LogP contribution in [0.4, 0.5) is 5.69 Å². The minimum atomic E-state index is -3.75. The number of halogens is 1. The van der Waals surface area contributed by atoms with Gasteiger partial charge in [0.1, 0.15) is 12.6 Å². The number of amides is 2. The van der Waals surface area contributed by atoms with E-state index in [0.29, 0.717) is 23.0 Å². The van der Waals surface area contributed by atoms with Crippen molar-refractivity contribution in [2.75, 3.05) is 24.2 Å². The molecule has 7 nitrogen and oxygen atoms in total. The van der Waals surface area contributed by atoms with Crippen molar-refractivity contribution in [1.82, 2.24) is 10.2 Å². The minimum absolute atomic E-state index is 0.145. The maximum Gasteiger partial charge on any atom is 0.244 e. The Balaban J connectivity index is 2.40. The largest absolute Gasteiger partial charge is 0.357 e. The van der Waals surface area contributed by atoms with Crippen LogP contribution in [0, 0.1) is 0 Å². The van der Waals surface area contributed by atoms with E-state index in [1.807, 2.05) is 26.0 Å². The lowest BCUT2D eigenvalue weighted by Gasteiger charge is -2.32. The molecule has 0 radical (unpaired) electrons. The summed E-state index contributed by atoms with van der Waals surface area (Å²) in [5.74, 6) is -0.495. The highest BCUT2D eigenvalue weighted by atomic mass is 35.5. The van der Waals surface area contributed by atoms with Crippen molar-refractivity contribution >= 4 is 39.1 Å². The second-order valence-corrected chi connectivity index (χ2v) is 10.5. The van der Waals surface area contributed by atoms with Crippen LogP contribution in [0.25, 0.3) is 0 Å². The third kappa shape index (κ3) is 7.20. The zero-order valence-corrected chi connectivity index (χ0v) is 21.3. The number of anilines is 1. The molecule has 33 heavy (non-hydrogen) atoms. The molecule has 0 heterocycles. The molecule has 2 rings (SSSR count). The van der Waals surface area contributed by atoms with E-state index in [1.165, 1.54) is 11.9 Å². The number of carbonyl (C=O) groups is 2. The van der Waals surface area contributed by atoms with Crippen LogP contribution in [0.15, 0.2) is 48.5 Å². The fraction of sp³-hybridized carbons (Fsp3) is 0.417. The summed E-state index contributed by atoms with van der Waals surface area (Å²) in [4.78, 5) is 27.4. The summed E-state index contributed by atoms with van der Waals surface area (Å²) in [7, 11) is -2.24. The fourth-order valence-corrected chi connectivity index (χ4v) is 4.49. The van der Waals surface area contributed by atoms with Crippen molar-refractivity contribution in [3.63, 3.8) is 0 Å². The number of hydrogen-bond acceptors (Lipinski definition) is 4. The maximum absolute atomic E-state index is 13.5. The molecular weight excluding hydrogens is 462 g/mol. The molecule has 0 saturated carbocycles. The van der Waals surface area contributed by atoms with Gasteiger partial charge in [0.2, 0.25) is 21.8 Å². The molecule has 0 bridgehead atoms. The molecule has 1 atom stereocenters. The normalized spacial score (nSPS) is 12.3. The van der Waals surface area contributed by atoms with Crippen molar-refractivity contribution in [2.24, 2.45) is 0 Å². The van der Waals surface area contributed by atoms with E-state index < -0.39 is 28.5 Å². The first-order valence-electron chi connectivity index (χ1n) is 10.8. The first kappa shape index (κ1) is 26.7. The number of likely N-dealkylation sites (N-methyl/N-ethyl adjacent to an activating group) is 1. The van der Waals surface area contributed by atoms with Crippen LogP contribution in [0.2, 0.25) is 5.02 Å². The Bertz CT molecular complexity index is 1050. The van der Waals surface area contributed by atoms with E-state index >= 15 is 0 Å². The van der Waals surface area contributed by atoms with Gasteiger partial charge in [0.15, 0.2) is 0 Å². The third-order valence-corrected chi connectivity index (χ3v) is 6.82. The first-order chi connectivity index (χ1) is 15.5. The number of carbonyl (C=O) groups excluding carboxylic acids is 2. The molecule has 2 aromatic rings. The van der Waals surface area contributed by atoms with E-state index in [1.54, 1.807) is 43.3 Å². The van der Waals surface area contributed by atoms with E-state index in [4.69, 9.17) is 11.6 Å². The smallest absolute Gasteiger partial charge is 0.244 e. The molecule has 9 heteroatoms. The van der Waals surface area contributed by atoms with Gasteiger partial charge in [-0.1, -0.05) is 56.6 Å². The molecule has 1 N–H and O–H groups in total. The average Bonchev–Trinajstić information content (AvgIpc) is 2.77. The van der Waals surface area contributed by atoms with Crippen LogP contribution in [0.5, 0.6) is 0 Å². The standard InChI is InChI=1S/C24H32ClN3O4S/c1-6-22(24(30)26-4)27(15-18-7-11-20(25)12-8-18)23(29)16-28(33(5,31)32)21-13-9-19(10-14-21)17(2)3/h7-14,17,22H,6,15-16H2,1-5H3,(H,26,30)/t22-/m1/s1. The monoisotopic (exact) mass is 493 g/mol. The van der Waals surface area contributed by atoms with Gasteiger partial charge in [0.05, 0.1) is 11.9 Å². The first-order valence-corrected chi connectivity index (χ1v) is 13.0. The Kier molecular flexibility index (Phi) is 9.31. The summed E-state index contributed by atoms with van der Waals surface area (Å²) < 4.78 is 26.3. The molecule has 180 valence electrons. The number of nitrogens with one attached hydrogen (secondary N) is 1. The van der Waals surface area contributed by atoms with Crippen molar-refractivity contribution in [1.29, 1.82) is 0 Å². The lowest BCUT2D eigenvalue weighted by atomic mass is 10.0.